The van der Waals surface area contributed by atoms with Gasteiger partial charge in [0, 0.05) is 19.6 Å². The molecule has 1 rings (SSSR count). The van der Waals surface area contributed by atoms with Crippen LogP contribution in [0.3, 0.4) is 0 Å². The molecule has 0 saturated heterocycles. The van der Waals surface area contributed by atoms with Gasteiger partial charge in [-0.25, -0.2) is 4.79 Å². The van der Waals surface area contributed by atoms with Crippen molar-refractivity contribution < 1.29 is 9.53 Å². The standard InChI is InChI=1S/C19H32N2O2.ClH/c1-7-18(15(4)14-20(5)6)16-11-10-12-17(13-16)23-19(22)21(8-2)9-3;/h10-13,15,18H,7-9,14H2,1-6H3;1H/t15-,18+;/m0./s1. The fourth-order valence-electron chi connectivity index (χ4n) is 3.13. The molecule has 4 nitrogen and oxygen atoms in total. The number of nitrogens with zero attached hydrogens (tertiary/aromatic N) is 2. The second-order valence-electron chi connectivity index (χ2n) is 6.37. The van der Waals surface area contributed by atoms with Crippen molar-refractivity contribution in [3.8, 4) is 5.75 Å². The van der Waals surface area contributed by atoms with E-state index in [-0.39, 0.29) is 18.5 Å². The van der Waals surface area contributed by atoms with Gasteiger partial charge < -0.3 is 14.5 Å². The Balaban J connectivity index is 0.00000529. The van der Waals surface area contributed by atoms with Crippen LogP contribution >= 0.6 is 12.4 Å². The first kappa shape index (κ1) is 22.7. The van der Waals surface area contributed by atoms with Crippen LogP contribution in [0.2, 0.25) is 0 Å². The third-order valence-electron chi connectivity index (χ3n) is 4.29. The van der Waals surface area contributed by atoms with Gasteiger partial charge in [0.2, 0.25) is 0 Å². The van der Waals surface area contributed by atoms with Crippen LogP contribution in [0.1, 0.15) is 45.6 Å². The van der Waals surface area contributed by atoms with E-state index in [9.17, 15) is 4.79 Å². The highest BCUT2D eigenvalue weighted by atomic mass is 35.5. The maximum Gasteiger partial charge on any atom is 0.415 e. The topological polar surface area (TPSA) is 32.8 Å². The van der Waals surface area contributed by atoms with E-state index in [1.165, 1.54) is 5.56 Å². The Hall–Kier alpha value is -1.26. The molecule has 2 atom stereocenters. The third-order valence-corrected chi connectivity index (χ3v) is 4.29. The molecular formula is C19H33ClN2O2. The van der Waals surface area contributed by atoms with Crippen molar-refractivity contribution >= 4 is 18.5 Å². The quantitative estimate of drug-likeness (QED) is 0.680. The molecule has 0 N–H and O–H groups in total. The summed E-state index contributed by atoms with van der Waals surface area (Å²) in [6, 6.07) is 7.98. The minimum absolute atomic E-state index is 0. The van der Waals surface area contributed by atoms with E-state index < -0.39 is 0 Å². The lowest BCUT2D eigenvalue weighted by Gasteiger charge is -2.26. The highest BCUT2D eigenvalue weighted by Crippen LogP contribution is 2.30. The van der Waals surface area contributed by atoms with E-state index in [0.29, 0.717) is 30.7 Å². The van der Waals surface area contributed by atoms with Crippen molar-refractivity contribution in [1.29, 1.82) is 0 Å². The van der Waals surface area contributed by atoms with Crippen molar-refractivity contribution in [2.75, 3.05) is 33.7 Å². The first-order valence-electron chi connectivity index (χ1n) is 8.64. The summed E-state index contributed by atoms with van der Waals surface area (Å²) in [6.45, 7) is 10.8. The lowest BCUT2D eigenvalue weighted by molar-refractivity contribution is 0.157. The normalized spacial score (nSPS) is 13.1. The van der Waals surface area contributed by atoms with Gasteiger partial charge in [0.25, 0.3) is 0 Å². The zero-order valence-corrected chi connectivity index (χ0v) is 16.7. The molecule has 0 aliphatic carbocycles. The predicted octanol–water partition coefficient (Wildman–Crippen LogP) is 4.64. The molecule has 0 aliphatic rings. The molecule has 1 amide bonds. The number of halogens is 1. The molecule has 0 aliphatic heterocycles. The van der Waals surface area contributed by atoms with Gasteiger partial charge in [-0.3, -0.25) is 0 Å². The van der Waals surface area contributed by atoms with Crippen molar-refractivity contribution in [1.82, 2.24) is 9.80 Å². The summed E-state index contributed by atoms with van der Waals surface area (Å²) in [7, 11) is 4.21. The SMILES string of the molecule is CC[C@@H](c1cccc(OC(=O)N(CC)CC)c1)[C@@H](C)CN(C)C.Cl. The highest BCUT2D eigenvalue weighted by Gasteiger charge is 2.19. The Bertz CT molecular complexity index is 490. The molecule has 0 unspecified atom stereocenters. The van der Waals surface area contributed by atoms with Crippen molar-refractivity contribution in [3.05, 3.63) is 29.8 Å². The summed E-state index contributed by atoms with van der Waals surface area (Å²) in [6.07, 6.45) is 0.796. The van der Waals surface area contributed by atoms with E-state index in [0.717, 1.165) is 13.0 Å². The van der Waals surface area contributed by atoms with Gasteiger partial charge in [-0.1, -0.05) is 26.0 Å². The van der Waals surface area contributed by atoms with E-state index >= 15 is 0 Å². The zero-order valence-electron chi connectivity index (χ0n) is 15.9. The molecule has 0 bridgehead atoms. The lowest BCUT2D eigenvalue weighted by Crippen LogP contribution is -2.33. The van der Waals surface area contributed by atoms with Gasteiger partial charge in [-0.05, 0) is 63.9 Å². The van der Waals surface area contributed by atoms with Crippen molar-refractivity contribution in [3.63, 3.8) is 0 Å². The fourth-order valence-corrected chi connectivity index (χ4v) is 3.13. The summed E-state index contributed by atoms with van der Waals surface area (Å²) in [5, 5.41) is 0. The Kier molecular flexibility index (Phi) is 10.7. The monoisotopic (exact) mass is 356 g/mol. The smallest absolute Gasteiger partial charge is 0.410 e. The number of rotatable bonds is 8. The van der Waals surface area contributed by atoms with Crippen LogP contribution < -0.4 is 4.74 Å². The Morgan fingerprint density at radius 1 is 1.17 bits per heavy atom. The largest absolute Gasteiger partial charge is 0.415 e. The van der Waals surface area contributed by atoms with Crippen LogP contribution in [-0.4, -0.2) is 49.6 Å². The number of carbonyl (C=O) groups excluding carboxylic acids is 1. The molecule has 5 heteroatoms. The molecule has 0 radical (unpaired) electrons. The second-order valence-corrected chi connectivity index (χ2v) is 6.37. The van der Waals surface area contributed by atoms with Crippen LogP contribution in [0.4, 0.5) is 4.79 Å². The molecule has 1 aromatic carbocycles. The van der Waals surface area contributed by atoms with Crippen LogP contribution in [0, 0.1) is 5.92 Å². The molecule has 24 heavy (non-hydrogen) atoms. The molecule has 138 valence electrons. The summed E-state index contributed by atoms with van der Waals surface area (Å²) < 4.78 is 5.53. The van der Waals surface area contributed by atoms with Gasteiger partial charge in [0.15, 0.2) is 0 Å². The number of benzene rings is 1. The molecular weight excluding hydrogens is 324 g/mol. The highest BCUT2D eigenvalue weighted by molar-refractivity contribution is 5.85. The van der Waals surface area contributed by atoms with Crippen molar-refractivity contribution in [2.45, 2.75) is 40.0 Å². The average Bonchev–Trinajstić information content (AvgIpc) is 2.48. The molecule has 0 saturated carbocycles. The summed E-state index contributed by atoms with van der Waals surface area (Å²) in [5.41, 5.74) is 1.24. The van der Waals surface area contributed by atoms with E-state index in [4.69, 9.17) is 4.74 Å². The maximum absolute atomic E-state index is 12.1. The third kappa shape index (κ3) is 6.70. The number of ether oxygens (including phenoxy) is 1. The zero-order chi connectivity index (χ0) is 17.4. The van der Waals surface area contributed by atoms with Crippen LogP contribution in [0.15, 0.2) is 24.3 Å². The van der Waals surface area contributed by atoms with Gasteiger partial charge in [-0.15, -0.1) is 12.4 Å². The van der Waals surface area contributed by atoms with Crippen LogP contribution in [0.5, 0.6) is 5.75 Å². The molecule has 0 heterocycles. The fraction of sp³-hybridized carbons (Fsp3) is 0.632. The van der Waals surface area contributed by atoms with Crippen molar-refractivity contribution in [2.24, 2.45) is 5.92 Å². The van der Waals surface area contributed by atoms with E-state index in [1.807, 2.05) is 32.0 Å². The van der Waals surface area contributed by atoms with Gasteiger partial charge >= 0.3 is 6.09 Å². The molecule has 0 aromatic heterocycles. The van der Waals surface area contributed by atoms with Gasteiger partial charge in [-0.2, -0.15) is 0 Å². The van der Waals surface area contributed by atoms with Gasteiger partial charge in [0.05, 0.1) is 0 Å². The van der Waals surface area contributed by atoms with E-state index in [2.05, 4.69) is 38.9 Å². The molecule has 0 spiro atoms. The molecule has 0 fully saturated rings. The van der Waals surface area contributed by atoms with Crippen LogP contribution in [0.25, 0.3) is 0 Å². The Morgan fingerprint density at radius 3 is 2.29 bits per heavy atom. The minimum atomic E-state index is -0.276. The lowest BCUT2D eigenvalue weighted by atomic mass is 9.85. The predicted molar refractivity (Wildman–Crippen MR) is 103 cm³/mol. The van der Waals surface area contributed by atoms with E-state index in [1.54, 1.807) is 4.90 Å². The number of amides is 1. The van der Waals surface area contributed by atoms with Gasteiger partial charge in [0.1, 0.15) is 5.75 Å². The number of hydrogen-bond acceptors (Lipinski definition) is 3. The summed E-state index contributed by atoms with van der Waals surface area (Å²) in [5.74, 6) is 1.64. The minimum Gasteiger partial charge on any atom is -0.410 e. The summed E-state index contributed by atoms with van der Waals surface area (Å²) >= 11 is 0. The first-order valence-corrected chi connectivity index (χ1v) is 8.64. The maximum atomic E-state index is 12.1. The second kappa shape index (κ2) is 11.3. The Morgan fingerprint density at radius 2 is 1.79 bits per heavy atom. The first-order chi connectivity index (χ1) is 10.9. The number of carbonyl (C=O) groups is 1. The van der Waals surface area contributed by atoms with Crippen LogP contribution in [-0.2, 0) is 0 Å². The molecule has 1 aromatic rings. The average molecular weight is 357 g/mol. The Labute approximate surface area is 153 Å². The summed E-state index contributed by atoms with van der Waals surface area (Å²) in [4.78, 5) is 16.0. The number of hydrogen-bond donors (Lipinski definition) is 0.